The van der Waals surface area contributed by atoms with E-state index in [-0.39, 0.29) is 6.42 Å². The molecule has 0 aliphatic heterocycles. The molecule has 0 rings (SSSR count). The standard InChI is InChI=1S/C12H21F3OSi/c1-6-8-10-11(9-7-2,12(13,14)15)16-17(3,4)5/h2H,6,8-10H2,1,3-5H3. The molecule has 0 saturated carbocycles. The molecule has 0 saturated heterocycles. The van der Waals surface area contributed by atoms with Crippen LogP contribution in [0.15, 0.2) is 0 Å². The Morgan fingerprint density at radius 3 is 2.06 bits per heavy atom. The summed E-state index contributed by atoms with van der Waals surface area (Å²) in [6.07, 6.45) is 1.38. The van der Waals surface area contributed by atoms with Crippen molar-refractivity contribution < 1.29 is 17.6 Å². The van der Waals surface area contributed by atoms with Crippen molar-refractivity contribution in [3.63, 3.8) is 0 Å². The van der Waals surface area contributed by atoms with Gasteiger partial charge in [0.05, 0.1) is 0 Å². The normalized spacial score (nSPS) is 16.4. The number of halogens is 3. The first-order valence-corrected chi connectivity index (χ1v) is 9.19. The van der Waals surface area contributed by atoms with E-state index in [2.05, 4.69) is 5.92 Å². The number of terminal acetylenes is 1. The van der Waals surface area contributed by atoms with Crippen LogP contribution in [0.5, 0.6) is 0 Å². The molecule has 0 aliphatic carbocycles. The molecule has 1 nitrogen and oxygen atoms in total. The van der Waals surface area contributed by atoms with Crippen molar-refractivity contribution in [1.29, 1.82) is 0 Å². The molecule has 0 aromatic carbocycles. The van der Waals surface area contributed by atoms with E-state index in [1.807, 2.05) is 6.92 Å². The van der Waals surface area contributed by atoms with E-state index in [1.165, 1.54) is 0 Å². The van der Waals surface area contributed by atoms with Gasteiger partial charge in [-0.3, -0.25) is 0 Å². The lowest BCUT2D eigenvalue weighted by Gasteiger charge is -2.39. The van der Waals surface area contributed by atoms with Gasteiger partial charge in [0.2, 0.25) is 0 Å². The van der Waals surface area contributed by atoms with Crippen LogP contribution in [0.25, 0.3) is 0 Å². The van der Waals surface area contributed by atoms with Crippen LogP contribution in [0.1, 0.15) is 32.6 Å². The monoisotopic (exact) mass is 266 g/mol. The molecular weight excluding hydrogens is 245 g/mol. The molecule has 100 valence electrons. The SMILES string of the molecule is C#CCC(CCCC)(O[Si](C)(C)C)C(F)(F)F. The van der Waals surface area contributed by atoms with E-state index >= 15 is 0 Å². The minimum absolute atomic E-state index is 0.0541. The summed E-state index contributed by atoms with van der Waals surface area (Å²) in [5.41, 5.74) is -2.15. The minimum Gasteiger partial charge on any atom is -0.403 e. The molecule has 5 heteroatoms. The highest BCUT2D eigenvalue weighted by molar-refractivity contribution is 6.69. The molecule has 0 amide bonds. The highest BCUT2D eigenvalue weighted by Gasteiger charge is 2.56. The fourth-order valence-electron chi connectivity index (χ4n) is 1.69. The molecule has 1 atom stereocenters. The minimum atomic E-state index is -4.41. The van der Waals surface area contributed by atoms with Gasteiger partial charge in [0, 0.05) is 6.42 Å². The second kappa shape index (κ2) is 5.92. The second-order valence-electron chi connectivity index (χ2n) is 5.19. The quantitative estimate of drug-likeness (QED) is 0.513. The fourth-order valence-corrected chi connectivity index (χ4v) is 3.15. The van der Waals surface area contributed by atoms with Gasteiger partial charge in [-0.2, -0.15) is 13.2 Å². The fraction of sp³-hybridized carbons (Fsp3) is 0.833. The van der Waals surface area contributed by atoms with E-state index in [1.54, 1.807) is 19.6 Å². The van der Waals surface area contributed by atoms with Crippen molar-refractivity contribution in [2.45, 2.75) is 64.0 Å². The maximum atomic E-state index is 13.2. The molecule has 0 radical (unpaired) electrons. The number of hydrogen-bond donors (Lipinski definition) is 0. The topological polar surface area (TPSA) is 9.23 Å². The molecule has 0 N–H and O–H groups in total. The van der Waals surface area contributed by atoms with Gasteiger partial charge in [0.1, 0.15) is 0 Å². The maximum absolute atomic E-state index is 13.2. The van der Waals surface area contributed by atoms with Crippen LogP contribution < -0.4 is 0 Å². The van der Waals surface area contributed by atoms with E-state index in [0.717, 1.165) is 0 Å². The summed E-state index contributed by atoms with van der Waals surface area (Å²) in [6, 6.07) is 0. The van der Waals surface area contributed by atoms with Gasteiger partial charge in [0.15, 0.2) is 13.9 Å². The Kier molecular flexibility index (Phi) is 5.75. The Bertz CT molecular complexity index is 275. The molecule has 0 spiro atoms. The van der Waals surface area contributed by atoms with Gasteiger partial charge < -0.3 is 4.43 Å². The third-order valence-electron chi connectivity index (χ3n) is 2.34. The zero-order chi connectivity index (χ0) is 13.7. The molecule has 0 fully saturated rings. The third-order valence-corrected chi connectivity index (χ3v) is 3.34. The smallest absolute Gasteiger partial charge is 0.403 e. The zero-order valence-corrected chi connectivity index (χ0v) is 11.9. The third kappa shape index (κ3) is 5.13. The molecule has 0 aromatic rings. The van der Waals surface area contributed by atoms with Crippen LogP contribution in [0.4, 0.5) is 13.2 Å². The van der Waals surface area contributed by atoms with Crippen LogP contribution in [0, 0.1) is 12.3 Å². The van der Waals surface area contributed by atoms with Crippen LogP contribution in [0.2, 0.25) is 19.6 Å². The predicted octanol–water partition coefficient (Wildman–Crippen LogP) is 4.35. The first-order chi connectivity index (χ1) is 7.58. The van der Waals surface area contributed by atoms with Crippen molar-refractivity contribution in [1.82, 2.24) is 0 Å². The summed E-state index contributed by atoms with van der Waals surface area (Å²) in [5.74, 6) is 2.12. The summed E-state index contributed by atoms with van der Waals surface area (Å²) in [5, 5.41) is 0. The van der Waals surface area contributed by atoms with E-state index in [9.17, 15) is 13.2 Å². The van der Waals surface area contributed by atoms with Crippen molar-refractivity contribution in [2.75, 3.05) is 0 Å². The van der Waals surface area contributed by atoms with Gasteiger partial charge in [0.25, 0.3) is 0 Å². The Morgan fingerprint density at radius 1 is 1.24 bits per heavy atom. The average molecular weight is 266 g/mol. The molecule has 17 heavy (non-hydrogen) atoms. The summed E-state index contributed by atoms with van der Waals surface area (Å²) >= 11 is 0. The van der Waals surface area contributed by atoms with Crippen LogP contribution in [-0.2, 0) is 4.43 Å². The second-order valence-corrected chi connectivity index (χ2v) is 9.62. The van der Waals surface area contributed by atoms with Gasteiger partial charge in [-0.15, -0.1) is 12.3 Å². The number of hydrogen-bond acceptors (Lipinski definition) is 1. The van der Waals surface area contributed by atoms with E-state index in [4.69, 9.17) is 10.8 Å². The Hall–Kier alpha value is -0.473. The maximum Gasteiger partial charge on any atom is 0.417 e. The lowest BCUT2D eigenvalue weighted by Crippen LogP contribution is -2.53. The Labute approximate surface area is 103 Å². The summed E-state index contributed by atoms with van der Waals surface area (Å²) in [4.78, 5) is 0. The summed E-state index contributed by atoms with van der Waals surface area (Å²) < 4.78 is 45.1. The molecule has 0 heterocycles. The van der Waals surface area contributed by atoms with Crippen molar-refractivity contribution in [3.05, 3.63) is 0 Å². The van der Waals surface area contributed by atoms with Crippen LogP contribution in [0.3, 0.4) is 0 Å². The lowest BCUT2D eigenvalue weighted by molar-refractivity contribution is -0.253. The van der Waals surface area contributed by atoms with Gasteiger partial charge >= 0.3 is 6.18 Å². The molecule has 1 unspecified atom stereocenters. The number of unbranched alkanes of at least 4 members (excludes halogenated alkanes) is 1. The molecule has 0 aliphatic rings. The highest BCUT2D eigenvalue weighted by Crippen LogP contribution is 2.42. The lowest BCUT2D eigenvalue weighted by atomic mass is 9.93. The van der Waals surface area contributed by atoms with Crippen LogP contribution in [-0.4, -0.2) is 20.1 Å². The van der Waals surface area contributed by atoms with E-state index in [0.29, 0.717) is 12.8 Å². The van der Waals surface area contributed by atoms with Crippen molar-refractivity contribution >= 4 is 8.32 Å². The van der Waals surface area contributed by atoms with Gasteiger partial charge in [-0.1, -0.05) is 19.8 Å². The van der Waals surface area contributed by atoms with Gasteiger partial charge in [-0.05, 0) is 26.1 Å². The van der Waals surface area contributed by atoms with E-state index < -0.39 is 26.5 Å². The molecule has 0 aromatic heterocycles. The Morgan fingerprint density at radius 2 is 1.76 bits per heavy atom. The molecular formula is C12H21F3OSi. The Balaban J connectivity index is 5.19. The number of alkyl halides is 3. The summed E-state index contributed by atoms with van der Waals surface area (Å²) in [7, 11) is -2.31. The first kappa shape index (κ1) is 16.5. The van der Waals surface area contributed by atoms with Crippen molar-refractivity contribution in [2.24, 2.45) is 0 Å². The van der Waals surface area contributed by atoms with Gasteiger partial charge in [-0.25, -0.2) is 0 Å². The first-order valence-electron chi connectivity index (χ1n) is 5.78. The predicted molar refractivity (Wildman–Crippen MR) is 66.2 cm³/mol. The van der Waals surface area contributed by atoms with Crippen LogP contribution >= 0.6 is 0 Å². The van der Waals surface area contributed by atoms with Crippen molar-refractivity contribution in [3.8, 4) is 12.3 Å². The largest absolute Gasteiger partial charge is 0.417 e. The zero-order valence-electron chi connectivity index (χ0n) is 10.9. The molecule has 0 bridgehead atoms. The number of rotatable bonds is 6. The summed E-state index contributed by atoms with van der Waals surface area (Å²) in [6.45, 7) is 7.09. The highest BCUT2D eigenvalue weighted by atomic mass is 28.4. The average Bonchev–Trinajstić information content (AvgIpc) is 2.10.